The summed E-state index contributed by atoms with van der Waals surface area (Å²) in [5.41, 5.74) is 1.50. The van der Waals surface area contributed by atoms with Crippen molar-refractivity contribution in [3.8, 4) is 0 Å². The Kier molecular flexibility index (Phi) is 6.91. The molecule has 0 unspecified atom stereocenters. The molecule has 0 spiro atoms. The van der Waals surface area contributed by atoms with Crippen LogP contribution in [0.3, 0.4) is 0 Å². The normalized spacial score (nSPS) is 18.0. The number of rotatable bonds is 7. The van der Waals surface area contributed by atoms with Crippen molar-refractivity contribution in [2.45, 2.75) is 84.5 Å². The molecule has 1 aliphatic heterocycles. The number of amides is 1. The molecule has 4 rings (SSSR count). The second kappa shape index (κ2) is 9.63. The Morgan fingerprint density at radius 1 is 1.07 bits per heavy atom. The number of aryl methyl sites for hydroxylation is 2. The Hall–Kier alpha value is -1.69. The van der Waals surface area contributed by atoms with E-state index in [-0.39, 0.29) is 0 Å². The Labute approximate surface area is 184 Å². The van der Waals surface area contributed by atoms with E-state index in [0.717, 1.165) is 69.9 Å². The number of fused-ring (bicyclic) bond motifs is 3. The van der Waals surface area contributed by atoms with Crippen LogP contribution in [-0.2, 0) is 17.6 Å². The maximum absolute atomic E-state index is 12.5. The fourth-order valence-corrected chi connectivity index (χ4v) is 5.90. The van der Waals surface area contributed by atoms with Gasteiger partial charge in [0.05, 0.1) is 5.39 Å². The molecular formula is C24H36N4OS. The number of carbonyl (C=O) groups is 1. The Bertz CT molecular complexity index is 885. The molecule has 0 saturated carbocycles. The standard InChI is InChI=1S/C24H36N4OS/c1-4-6-7-12-20(29)27-13-15-28(16-14-27)23-21-18-10-8-9-11-19(18)30-24(21)26-22(25-23)17(3)5-2/h17H,4-16H2,1-3H3/t17-/m0/s1. The van der Waals surface area contributed by atoms with E-state index in [2.05, 4.69) is 30.6 Å². The lowest BCUT2D eigenvalue weighted by Gasteiger charge is -2.36. The molecule has 5 nitrogen and oxygen atoms in total. The number of aromatic nitrogens is 2. The van der Waals surface area contributed by atoms with E-state index in [1.165, 1.54) is 39.9 Å². The molecule has 6 heteroatoms. The molecular weight excluding hydrogens is 392 g/mol. The smallest absolute Gasteiger partial charge is 0.222 e. The van der Waals surface area contributed by atoms with E-state index in [4.69, 9.17) is 9.97 Å². The number of piperazine rings is 1. The van der Waals surface area contributed by atoms with Crippen molar-refractivity contribution in [3.63, 3.8) is 0 Å². The Morgan fingerprint density at radius 3 is 2.57 bits per heavy atom. The van der Waals surface area contributed by atoms with E-state index in [9.17, 15) is 4.79 Å². The van der Waals surface area contributed by atoms with Crippen LogP contribution in [0.1, 0.15) is 87.9 Å². The topological polar surface area (TPSA) is 49.3 Å². The molecule has 0 N–H and O–H groups in total. The lowest BCUT2D eigenvalue weighted by molar-refractivity contribution is -0.131. The van der Waals surface area contributed by atoms with Crippen molar-refractivity contribution in [3.05, 3.63) is 16.3 Å². The average Bonchev–Trinajstić information content (AvgIpc) is 3.16. The highest BCUT2D eigenvalue weighted by Gasteiger charge is 2.27. The third-order valence-corrected chi connectivity index (χ3v) is 7.98. The third kappa shape index (κ3) is 4.34. The van der Waals surface area contributed by atoms with Gasteiger partial charge in [-0.3, -0.25) is 4.79 Å². The summed E-state index contributed by atoms with van der Waals surface area (Å²) in [5, 5.41) is 1.31. The fourth-order valence-electron chi connectivity index (χ4n) is 4.64. The molecule has 2 aromatic heterocycles. The summed E-state index contributed by atoms with van der Waals surface area (Å²) in [5.74, 6) is 2.81. The van der Waals surface area contributed by atoms with Gasteiger partial charge in [-0.15, -0.1) is 11.3 Å². The van der Waals surface area contributed by atoms with Gasteiger partial charge in [0.1, 0.15) is 16.5 Å². The number of nitrogens with zero attached hydrogens (tertiary/aromatic N) is 4. The molecule has 2 aromatic rings. The SMILES string of the molecule is CCCCCC(=O)N1CCN(c2nc([C@@H](C)CC)nc3sc4c(c23)CCCC4)CC1. The Balaban J connectivity index is 1.59. The molecule has 1 saturated heterocycles. The zero-order chi connectivity index (χ0) is 21.1. The van der Waals surface area contributed by atoms with Gasteiger partial charge in [0, 0.05) is 43.4 Å². The van der Waals surface area contributed by atoms with Crippen LogP contribution in [0.2, 0.25) is 0 Å². The lowest BCUT2D eigenvalue weighted by atomic mass is 9.96. The van der Waals surface area contributed by atoms with Crippen LogP contribution in [0, 0.1) is 0 Å². The highest BCUT2D eigenvalue weighted by molar-refractivity contribution is 7.19. The van der Waals surface area contributed by atoms with E-state index in [1.54, 1.807) is 0 Å². The second-order valence-corrected chi connectivity index (χ2v) is 10.0. The number of hydrogen-bond acceptors (Lipinski definition) is 5. The highest BCUT2D eigenvalue weighted by atomic mass is 32.1. The first-order valence-electron chi connectivity index (χ1n) is 12.0. The molecule has 30 heavy (non-hydrogen) atoms. The zero-order valence-corrected chi connectivity index (χ0v) is 19.7. The summed E-state index contributed by atoms with van der Waals surface area (Å²) in [6, 6.07) is 0. The quantitative estimate of drug-likeness (QED) is 0.561. The van der Waals surface area contributed by atoms with Crippen molar-refractivity contribution in [2.24, 2.45) is 0 Å². The highest BCUT2D eigenvalue weighted by Crippen LogP contribution is 2.40. The van der Waals surface area contributed by atoms with E-state index in [1.807, 2.05) is 11.3 Å². The summed E-state index contributed by atoms with van der Waals surface area (Å²) in [4.78, 5) is 29.9. The lowest BCUT2D eigenvalue weighted by Crippen LogP contribution is -2.49. The van der Waals surface area contributed by atoms with Crippen molar-refractivity contribution >= 4 is 33.3 Å². The van der Waals surface area contributed by atoms with E-state index >= 15 is 0 Å². The van der Waals surface area contributed by atoms with Crippen LogP contribution in [0.15, 0.2) is 0 Å². The molecule has 164 valence electrons. The molecule has 0 bridgehead atoms. The molecule has 3 heterocycles. The number of carbonyl (C=O) groups excluding carboxylic acids is 1. The van der Waals surface area contributed by atoms with Gasteiger partial charge in [-0.25, -0.2) is 9.97 Å². The van der Waals surface area contributed by atoms with Crippen LogP contribution in [-0.4, -0.2) is 47.0 Å². The molecule has 0 radical (unpaired) electrons. The minimum Gasteiger partial charge on any atom is -0.352 e. The molecule has 1 atom stereocenters. The molecule has 1 amide bonds. The van der Waals surface area contributed by atoms with E-state index in [0.29, 0.717) is 18.2 Å². The third-order valence-electron chi connectivity index (χ3n) is 6.79. The minimum absolute atomic E-state index is 0.323. The van der Waals surface area contributed by atoms with Crippen LogP contribution in [0.4, 0.5) is 5.82 Å². The van der Waals surface area contributed by atoms with Gasteiger partial charge in [-0.2, -0.15) is 0 Å². The van der Waals surface area contributed by atoms with Gasteiger partial charge < -0.3 is 9.80 Å². The zero-order valence-electron chi connectivity index (χ0n) is 18.9. The maximum Gasteiger partial charge on any atom is 0.222 e. The van der Waals surface area contributed by atoms with Gasteiger partial charge >= 0.3 is 0 Å². The van der Waals surface area contributed by atoms with Crippen LogP contribution < -0.4 is 4.90 Å². The molecule has 1 aliphatic carbocycles. The van der Waals surface area contributed by atoms with Crippen LogP contribution in [0.25, 0.3) is 10.2 Å². The largest absolute Gasteiger partial charge is 0.352 e. The first-order chi connectivity index (χ1) is 14.6. The van der Waals surface area contributed by atoms with Gasteiger partial charge in [-0.1, -0.05) is 33.6 Å². The summed E-state index contributed by atoms with van der Waals surface area (Å²) < 4.78 is 0. The fraction of sp³-hybridized carbons (Fsp3) is 0.708. The summed E-state index contributed by atoms with van der Waals surface area (Å²) in [6.07, 6.45) is 9.98. The van der Waals surface area contributed by atoms with Gasteiger partial charge in [0.2, 0.25) is 5.91 Å². The first kappa shape index (κ1) is 21.5. The first-order valence-corrected chi connectivity index (χ1v) is 12.8. The molecule has 2 aliphatic rings. The summed E-state index contributed by atoms with van der Waals surface area (Å²) in [7, 11) is 0. The van der Waals surface area contributed by atoms with Crippen LogP contribution >= 0.6 is 11.3 Å². The summed E-state index contributed by atoms with van der Waals surface area (Å²) in [6.45, 7) is 9.98. The van der Waals surface area contributed by atoms with Crippen LogP contribution in [0.5, 0.6) is 0 Å². The van der Waals surface area contributed by atoms with Gasteiger partial charge in [0.15, 0.2) is 0 Å². The van der Waals surface area contributed by atoms with Crippen molar-refractivity contribution in [2.75, 3.05) is 31.1 Å². The minimum atomic E-state index is 0.323. The van der Waals surface area contributed by atoms with E-state index < -0.39 is 0 Å². The van der Waals surface area contributed by atoms with Crippen molar-refractivity contribution in [1.82, 2.24) is 14.9 Å². The number of unbranched alkanes of at least 4 members (excludes halogenated alkanes) is 2. The summed E-state index contributed by atoms with van der Waals surface area (Å²) >= 11 is 1.89. The maximum atomic E-state index is 12.5. The second-order valence-electron chi connectivity index (χ2n) is 8.93. The monoisotopic (exact) mass is 428 g/mol. The predicted octanol–water partition coefficient (Wildman–Crippen LogP) is 5.31. The average molecular weight is 429 g/mol. The predicted molar refractivity (Wildman–Crippen MR) is 126 cm³/mol. The van der Waals surface area contributed by atoms with Gasteiger partial charge in [-0.05, 0) is 44.1 Å². The molecule has 0 aromatic carbocycles. The van der Waals surface area contributed by atoms with Gasteiger partial charge in [0.25, 0.3) is 0 Å². The molecule has 1 fully saturated rings. The number of hydrogen-bond donors (Lipinski definition) is 0. The number of anilines is 1. The Morgan fingerprint density at radius 2 is 1.83 bits per heavy atom. The number of thiophene rings is 1. The van der Waals surface area contributed by atoms with Crippen molar-refractivity contribution < 1.29 is 4.79 Å². The van der Waals surface area contributed by atoms with Crippen molar-refractivity contribution in [1.29, 1.82) is 0 Å².